The first-order valence-electron chi connectivity index (χ1n) is 10.9. The maximum absolute atomic E-state index is 13.7. The molecule has 2 aromatic carbocycles. The van der Waals surface area contributed by atoms with E-state index in [0.717, 1.165) is 37.3 Å². The third kappa shape index (κ3) is 6.64. The Morgan fingerprint density at radius 1 is 1.03 bits per heavy atom. The van der Waals surface area contributed by atoms with Crippen LogP contribution in [0.3, 0.4) is 0 Å². The van der Waals surface area contributed by atoms with Crippen LogP contribution in [-0.4, -0.2) is 68.1 Å². The molecule has 0 saturated carbocycles. The number of piperazine rings is 1. The first-order chi connectivity index (χ1) is 15.9. The van der Waals surface area contributed by atoms with Gasteiger partial charge in [-0.2, -0.15) is 0 Å². The monoisotopic (exact) mass is 461 g/mol. The second-order valence-corrected chi connectivity index (χ2v) is 7.71. The Labute approximate surface area is 192 Å². The van der Waals surface area contributed by atoms with Gasteiger partial charge in [-0.1, -0.05) is 6.07 Å². The Kier molecular flexibility index (Phi) is 8.59. The van der Waals surface area contributed by atoms with Gasteiger partial charge in [-0.25, -0.2) is 8.78 Å². The minimum atomic E-state index is -0.930. The zero-order chi connectivity index (χ0) is 23.8. The lowest BCUT2D eigenvalue weighted by Gasteiger charge is -2.35. The van der Waals surface area contributed by atoms with Gasteiger partial charge in [-0.15, -0.1) is 0 Å². The topological polar surface area (TPSA) is 71.1 Å². The van der Waals surface area contributed by atoms with Crippen molar-refractivity contribution in [2.75, 3.05) is 46.4 Å². The Morgan fingerprint density at radius 2 is 1.79 bits per heavy atom. The summed E-state index contributed by atoms with van der Waals surface area (Å²) >= 11 is 0. The van der Waals surface area contributed by atoms with Crippen molar-refractivity contribution < 1.29 is 27.8 Å². The van der Waals surface area contributed by atoms with Gasteiger partial charge < -0.3 is 19.7 Å². The van der Waals surface area contributed by atoms with E-state index in [0.29, 0.717) is 37.3 Å². The lowest BCUT2D eigenvalue weighted by Crippen LogP contribution is -2.48. The summed E-state index contributed by atoms with van der Waals surface area (Å²) < 4.78 is 37.6. The van der Waals surface area contributed by atoms with Crippen LogP contribution in [0.15, 0.2) is 36.4 Å². The van der Waals surface area contributed by atoms with Crippen LogP contribution in [0.4, 0.5) is 8.78 Å². The molecule has 1 aliphatic rings. The molecular weight excluding hydrogens is 432 g/mol. The summed E-state index contributed by atoms with van der Waals surface area (Å²) in [4.78, 5) is 28.5. The molecule has 178 valence electrons. The van der Waals surface area contributed by atoms with E-state index in [2.05, 4.69) is 10.2 Å². The molecule has 0 bridgehead atoms. The van der Waals surface area contributed by atoms with E-state index < -0.39 is 17.5 Å². The molecule has 3 rings (SSSR count). The average Bonchev–Trinajstić information content (AvgIpc) is 2.80. The quantitative estimate of drug-likeness (QED) is 0.622. The van der Waals surface area contributed by atoms with Crippen molar-refractivity contribution >= 4 is 11.8 Å². The maximum Gasteiger partial charge on any atom is 0.254 e. The van der Waals surface area contributed by atoms with Crippen LogP contribution in [0.25, 0.3) is 0 Å². The number of nitrogens with one attached hydrogen (secondary N) is 1. The summed E-state index contributed by atoms with van der Waals surface area (Å²) in [5, 5.41) is 2.51. The molecule has 7 nitrogen and oxygen atoms in total. The highest BCUT2D eigenvalue weighted by atomic mass is 19.1. The second-order valence-electron chi connectivity index (χ2n) is 7.71. The Morgan fingerprint density at radius 3 is 2.45 bits per heavy atom. The number of amides is 2. The Balaban J connectivity index is 1.42. The van der Waals surface area contributed by atoms with Gasteiger partial charge in [0.2, 0.25) is 5.91 Å². The van der Waals surface area contributed by atoms with Crippen molar-refractivity contribution in [3.8, 4) is 11.5 Å². The standard InChI is InChI=1S/C24H29F2N3O4/c1-3-33-22-14-17(4-7-21(22)32-2)16-28-10-12-29(13-11-28)23(30)8-9-27-24(31)19-6-5-18(25)15-20(19)26/h4-7,14-15H,3,8-13,16H2,1-2H3,(H,27,31). The molecule has 1 N–H and O–H groups in total. The number of rotatable bonds is 9. The van der Waals surface area contributed by atoms with Crippen LogP contribution in [0, 0.1) is 11.6 Å². The van der Waals surface area contributed by atoms with Crippen molar-refractivity contribution in [1.82, 2.24) is 15.1 Å². The summed E-state index contributed by atoms with van der Waals surface area (Å²) in [6.07, 6.45) is 0.116. The van der Waals surface area contributed by atoms with Gasteiger partial charge in [0.15, 0.2) is 11.5 Å². The molecule has 9 heteroatoms. The predicted molar refractivity (Wildman–Crippen MR) is 119 cm³/mol. The Bertz CT molecular complexity index is 978. The van der Waals surface area contributed by atoms with E-state index >= 15 is 0 Å². The smallest absolute Gasteiger partial charge is 0.254 e. The van der Waals surface area contributed by atoms with E-state index in [1.54, 1.807) is 12.0 Å². The molecular formula is C24H29F2N3O4. The molecule has 1 saturated heterocycles. The molecule has 0 aliphatic carbocycles. The number of benzene rings is 2. The second kappa shape index (κ2) is 11.6. The molecule has 1 heterocycles. The summed E-state index contributed by atoms with van der Waals surface area (Å²) in [6, 6.07) is 8.64. The fourth-order valence-electron chi connectivity index (χ4n) is 3.71. The van der Waals surface area contributed by atoms with Crippen molar-refractivity contribution in [3.05, 3.63) is 59.2 Å². The SMILES string of the molecule is CCOc1cc(CN2CCN(C(=O)CCNC(=O)c3ccc(F)cc3F)CC2)ccc1OC. The highest BCUT2D eigenvalue weighted by Crippen LogP contribution is 2.28. The molecule has 0 atom stereocenters. The summed E-state index contributed by atoms with van der Waals surface area (Å²) in [5.41, 5.74) is 0.859. The molecule has 0 unspecified atom stereocenters. The van der Waals surface area contributed by atoms with Crippen LogP contribution in [0.2, 0.25) is 0 Å². The van der Waals surface area contributed by atoms with Crippen LogP contribution >= 0.6 is 0 Å². The number of methoxy groups -OCH3 is 1. The van der Waals surface area contributed by atoms with E-state index in [1.165, 1.54) is 0 Å². The van der Waals surface area contributed by atoms with Crippen LogP contribution in [0.5, 0.6) is 11.5 Å². The molecule has 1 aliphatic heterocycles. The lowest BCUT2D eigenvalue weighted by molar-refractivity contribution is -0.132. The van der Waals surface area contributed by atoms with Gasteiger partial charge in [0.05, 0.1) is 19.3 Å². The molecule has 2 amide bonds. The third-order valence-electron chi connectivity index (χ3n) is 5.46. The first kappa shape index (κ1) is 24.4. The van der Waals surface area contributed by atoms with Crippen LogP contribution in [-0.2, 0) is 11.3 Å². The largest absolute Gasteiger partial charge is 0.493 e. The van der Waals surface area contributed by atoms with Crippen molar-refractivity contribution in [1.29, 1.82) is 0 Å². The van der Waals surface area contributed by atoms with Gasteiger partial charge in [-0.05, 0) is 36.8 Å². The molecule has 1 fully saturated rings. The van der Waals surface area contributed by atoms with Gasteiger partial charge in [0.1, 0.15) is 11.6 Å². The van der Waals surface area contributed by atoms with E-state index in [1.807, 2.05) is 25.1 Å². The predicted octanol–water partition coefficient (Wildman–Crippen LogP) is 2.84. The average molecular weight is 462 g/mol. The lowest BCUT2D eigenvalue weighted by atomic mass is 10.1. The normalized spacial score (nSPS) is 14.1. The van der Waals surface area contributed by atoms with Gasteiger partial charge in [0, 0.05) is 51.8 Å². The van der Waals surface area contributed by atoms with Gasteiger partial charge >= 0.3 is 0 Å². The number of nitrogens with zero attached hydrogens (tertiary/aromatic N) is 2. The number of hydrogen-bond acceptors (Lipinski definition) is 5. The number of carbonyl (C=O) groups excluding carboxylic acids is 2. The van der Waals surface area contributed by atoms with Crippen molar-refractivity contribution in [2.24, 2.45) is 0 Å². The fourth-order valence-corrected chi connectivity index (χ4v) is 3.71. The molecule has 2 aromatic rings. The number of hydrogen-bond donors (Lipinski definition) is 1. The third-order valence-corrected chi connectivity index (χ3v) is 5.46. The molecule has 0 radical (unpaired) electrons. The van der Waals surface area contributed by atoms with Gasteiger partial charge in [-0.3, -0.25) is 14.5 Å². The number of carbonyl (C=O) groups is 2. The zero-order valence-corrected chi connectivity index (χ0v) is 18.9. The van der Waals surface area contributed by atoms with Crippen molar-refractivity contribution in [2.45, 2.75) is 19.9 Å². The van der Waals surface area contributed by atoms with E-state index in [-0.39, 0.29) is 24.4 Å². The zero-order valence-electron chi connectivity index (χ0n) is 18.9. The number of halogens is 2. The van der Waals surface area contributed by atoms with Crippen LogP contribution in [0.1, 0.15) is 29.3 Å². The maximum atomic E-state index is 13.7. The fraction of sp³-hybridized carbons (Fsp3) is 0.417. The molecule has 33 heavy (non-hydrogen) atoms. The minimum absolute atomic E-state index is 0.0717. The number of ether oxygens (including phenoxy) is 2. The van der Waals surface area contributed by atoms with Crippen molar-refractivity contribution in [3.63, 3.8) is 0 Å². The van der Waals surface area contributed by atoms with E-state index in [9.17, 15) is 18.4 Å². The molecule has 0 spiro atoms. The Hall–Kier alpha value is -3.20. The minimum Gasteiger partial charge on any atom is -0.493 e. The summed E-state index contributed by atoms with van der Waals surface area (Å²) in [5.74, 6) is -1.01. The summed E-state index contributed by atoms with van der Waals surface area (Å²) in [6.45, 7) is 5.95. The first-order valence-corrected chi connectivity index (χ1v) is 10.9. The highest BCUT2D eigenvalue weighted by Gasteiger charge is 2.21. The highest BCUT2D eigenvalue weighted by molar-refractivity contribution is 5.94. The summed E-state index contributed by atoms with van der Waals surface area (Å²) in [7, 11) is 1.61. The van der Waals surface area contributed by atoms with Crippen LogP contribution < -0.4 is 14.8 Å². The molecule has 0 aromatic heterocycles. The van der Waals surface area contributed by atoms with E-state index in [4.69, 9.17) is 9.47 Å². The van der Waals surface area contributed by atoms with Gasteiger partial charge in [0.25, 0.3) is 5.91 Å².